The molecule has 0 saturated carbocycles. The van der Waals surface area contributed by atoms with Gasteiger partial charge in [-0.05, 0) is 24.3 Å². The lowest BCUT2D eigenvalue weighted by atomic mass is 10.1. The van der Waals surface area contributed by atoms with Gasteiger partial charge in [0.1, 0.15) is 0 Å². The molecule has 1 aromatic heterocycles. The molecule has 1 aromatic carbocycles. The Hall–Kier alpha value is -2.27. The van der Waals surface area contributed by atoms with Gasteiger partial charge in [-0.3, -0.25) is 0 Å². The summed E-state index contributed by atoms with van der Waals surface area (Å²) in [6, 6.07) is 8.04. The van der Waals surface area contributed by atoms with E-state index in [1.165, 1.54) is 13.2 Å². The highest BCUT2D eigenvalue weighted by molar-refractivity contribution is 6.31. The maximum absolute atomic E-state index is 11.1. The van der Waals surface area contributed by atoms with E-state index < -0.39 is 5.97 Å². The van der Waals surface area contributed by atoms with Crippen molar-refractivity contribution in [2.45, 2.75) is 0 Å². The molecule has 5 nitrogen and oxygen atoms in total. The third kappa shape index (κ3) is 3.14. The van der Waals surface area contributed by atoms with E-state index in [0.717, 1.165) is 0 Å². The number of hydrogen-bond donors (Lipinski definition) is 2. The van der Waals surface area contributed by atoms with Gasteiger partial charge in [-0.25, -0.2) is 9.78 Å². The molecule has 0 unspecified atom stereocenters. The van der Waals surface area contributed by atoms with E-state index >= 15 is 0 Å². The average molecular weight is 279 g/mol. The van der Waals surface area contributed by atoms with Gasteiger partial charge in [-0.1, -0.05) is 11.6 Å². The van der Waals surface area contributed by atoms with Crippen LogP contribution in [0, 0.1) is 0 Å². The van der Waals surface area contributed by atoms with Crippen molar-refractivity contribution in [2.75, 3.05) is 12.4 Å². The van der Waals surface area contributed by atoms with Crippen molar-refractivity contribution in [2.24, 2.45) is 0 Å². The third-order valence-electron chi connectivity index (χ3n) is 2.44. The van der Waals surface area contributed by atoms with Gasteiger partial charge >= 0.3 is 5.97 Å². The quantitative estimate of drug-likeness (QED) is 0.899. The number of pyridine rings is 1. The van der Waals surface area contributed by atoms with E-state index in [9.17, 15) is 4.79 Å². The van der Waals surface area contributed by atoms with Crippen LogP contribution in [0.5, 0.6) is 5.88 Å². The summed E-state index contributed by atoms with van der Waals surface area (Å²) in [6.07, 6.45) is 1.55. The van der Waals surface area contributed by atoms with Crippen LogP contribution in [0.2, 0.25) is 5.02 Å². The van der Waals surface area contributed by atoms with Crippen molar-refractivity contribution < 1.29 is 14.6 Å². The molecule has 0 spiro atoms. The maximum atomic E-state index is 11.1. The first kappa shape index (κ1) is 13.2. The number of nitrogens with one attached hydrogen (secondary N) is 1. The summed E-state index contributed by atoms with van der Waals surface area (Å²) >= 11 is 5.78. The van der Waals surface area contributed by atoms with E-state index in [-0.39, 0.29) is 5.56 Å². The number of hydrogen-bond acceptors (Lipinski definition) is 4. The molecule has 2 aromatic rings. The lowest BCUT2D eigenvalue weighted by molar-refractivity contribution is 0.0698. The van der Waals surface area contributed by atoms with Crippen LogP contribution in [0.3, 0.4) is 0 Å². The minimum atomic E-state index is -1.05. The van der Waals surface area contributed by atoms with Gasteiger partial charge in [0, 0.05) is 11.1 Å². The zero-order chi connectivity index (χ0) is 13.8. The number of carboxylic acids is 1. The highest BCUT2D eigenvalue weighted by Gasteiger charge is 2.11. The molecule has 0 amide bonds. The molecular weight excluding hydrogens is 268 g/mol. The first-order valence-corrected chi connectivity index (χ1v) is 5.78. The number of halogens is 1. The van der Waals surface area contributed by atoms with Gasteiger partial charge in [0.15, 0.2) is 0 Å². The Labute approximate surface area is 114 Å². The lowest BCUT2D eigenvalue weighted by Gasteiger charge is -2.10. The number of methoxy groups -OCH3 is 1. The van der Waals surface area contributed by atoms with E-state index in [1.54, 1.807) is 30.5 Å². The molecule has 0 bridgehead atoms. The monoisotopic (exact) mass is 278 g/mol. The normalized spacial score (nSPS) is 10.0. The Morgan fingerprint density at radius 2 is 2.16 bits per heavy atom. The van der Waals surface area contributed by atoms with Gasteiger partial charge in [-0.15, -0.1) is 0 Å². The summed E-state index contributed by atoms with van der Waals surface area (Å²) in [4.78, 5) is 15.2. The second-order valence-electron chi connectivity index (χ2n) is 3.71. The standard InChI is InChI=1S/C13H11ClN2O3/c1-19-12-5-3-9(7-15-12)16-11-4-2-8(14)6-10(11)13(17)18/h2-7,16H,1H3,(H,17,18). The van der Waals surface area contributed by atoms with E-state index in [4.69, 9.17) is 21.4 Å². The molecule has 0 fully saturated rings. The number of ether oxygens (including phenoxy) is 1. The molecule has 0 aliphatic heterocycles. The molecule has 0 atom stereocenters. The molecule has 0 radical (unpaired) electrons. The summed E-state index contributed by atoms with van der Waals surface area (Å²) in [5.74, 6) is -0.563. The smallest absolute Gasteiger partial charge is 0.337 e. The van der Waals surface area contributed by atoms with Crippen LogP contribution >= 0.6 is 11.6 Å². The van der Waals surface area contributed by atoms with Gasteiger partial charge < -0.3 is 15.2 Å². The van der Waals surface area contributed by atoms with Crippen LogP contribution < -0.4 is 10.1 Å². The van der Waals surface area contributed by atoms with Crippen molar-refractivity contribution in [3.05, 3.63) is 47.1 Å². The van der Waals surface area contributed by atoms with Crippen LogP contribution in [0.1, 0.15) is 10.4 Å². The van der Waals surface area contributed by atoms with Crippen LogP contribution in [-0.4, -0.2) is 23.2 Å². The van der Waals surface area contributed by atoms with Crippen LogP contribution in [0.4, 0.5) is 11.4 Å². The number of carbonyl (C=O) groups is 1. The van der Waals surface area contributed by atoms with Crippen molar-refractivity contribution >= 4 is 28.9 Å². The fourth-order valence-corrected chi connectivity index (χ4v) is 1.71. The lowest BCUT2D eigenvalue weighted by Crippen LogP contribution is -2.03. The number of aromatic carboxylic acids is 1. The minimum absolute atomic E-state index is 0.100. The zero-order valence-electron chi connectivity index (χ0n) is 10.1. The molecule has 0 aliphatic rings. The summed E-state index contributed by atoms with van der Waals surface area (Å²) in [7, 11) is 1.52. The molecule has 2 N–H and O–H groups in total. The van der Waals surface area contributed by atoms with Gasteiger partial charge in [-0.2, -0.15) is 0 Å². The third-order valence-corrected chi connectivity index (χ3v) is 2.67. The topological polar surface area (TPSA) is 71.5 Å². The number of aromatic nitrogens is 1. The van der Waals surface area contributed by atoms with Crippen LogP contribution in [-0.2, 0) is 0 Å². The Kier molecular flexibility index (Phi) is 3.87. The molecule has 98 valence electrons. The number of carboxylic acid groups (broad SMARTS) is 1. The van der Waals surface area contributed by atoms with Gasteiger partial charge in [0.05, 0.1) is 30.2 Å². The summed E-state index contributed by atoms with van der Waals surface area (Å²) in [6.45, 7) is 0. The molecule has 0 aliphatic carbocycles. The van der Waals surface area contributed by atoms with Crippen molar-refractivity contribution in [1.29, 1.82) is 0 Å². The largest absolute Gasteiger partial charge is 0.481 e. The van der Waals surface area contributed by atoms with E-state index in [2.05, 4.69) is 10.3 Å². The first-order chi connectivity index (χ1) is 9.10. The van der Waals surface area contributed by atoms with Crippen molar-refractivity contribution in [1.82, 2.24) is 4.98 Å². The molecular formula is C13H11ClN2O3. The number of benzene rings is 1. The Morgan fingerprint density at radius 3 is 2.74 bits per heavy atom. The Balaban J connectivity index is 2.29. The molecule has 1 heterocycles. The second-order valence-corrected chi connectivity index (χ2v) is 4.15. The van der Waals surface area contributed by atoms with Crippen molar-refractivity contribution in [3.63, 3.8) is 0 Å². The van der Waals surface area contributed by atoms with Crippen LogP contribution in [0.15, 0.2) is 36.5 Å². The van der Waals surface area contributed by atoms with Gasteiger partial charge in [0.2, 0.25) is 5.88 Å². The predicted octanol–water partition coefficient (Wildman–Crippen LogP) is 3.19. The second kappa shape index (κ2) is 5.58. The first-order valence-electron chi connectivity index (χ1n) is 5.40. The highest BCUT2D eigenvalue weighted by atomic mass is 35.5. The van der Waals surface area contributed by atoms with E-state index in [1.807, 2.05) is 0 Å². The molecule has 19 heavy (non-hydrogen) atoms. The minimum Gasteiger partial charge on any atom is -0.481 e. The predicted molar refractivity (Wildman–Crippen MR) is 72.5 cm³/mol. The zero-order valence-corrected chi connectivity index (χ0v) is 10.8. The molecule has 0 saturated heterocycles. The fraction of sp³-hybridized carbons (Fsp3) is 0.0769. The summed E-state index contributed by atoms with van der Waals surface area (Å²) in [5, 5.41) is 12.5. The van der Waals surface area contributed by atoms with Gasteiger partial charge in [0.25, 0.3) is 0 Å². The Bertz CT molecular complexity index is 599. The average Bonchev–Trinajstić information content (AvgIpc) is 2.41. The Morgan fingerprint density at radius 1 is 1.37 bits per heavy atom. The number of anilines is 2. The van der Waals surface area contributed by atoms with Crippen LogP contribution in [0.25, 0.3) is 0 Å². The SMILES string of the molecule is COc1ccc(Nc2ccc(Cl)cc2C(=O)O)cn1. The summed E-state index contributed by atoms with van der Waals surface area (Å²) in [5.41, 5.74) is 1.21. The number of rotatable bonds is 4. The fourth-order valence-electron chi connectivity index (χ4n) is 1.53. The molecule has 6 heteroatoms. The van der Waals surface area contributed by atoms with E-state index in [0.29, 0.717) is 22.3 Å². The maximum Gasteiger partial charge on any atom is 0.337 e. The molecule has 2 rings (SSSR count). The van der Waals surface area contributed by atoms with Crippen molar-refractivity contribution in [3.8, 4) is 5.88 Å². The highest BCUT2D eigenvalue weighted by Crippen LogP contribution is 2.24. The summed E-state index contributed by atoms with van der Waals surface area (Å²) < 4.78 is 4.95. The number of nitrogens with zero attached hydrogens (tertiary/aromatic N) is 1.